The van der Waals surface area contributed by atoms with Crippen LogP contribution in [-0.2, 0) is 0 Å². The Hall–Kier alpha value is 0.700. The first-order valence-electron chi connectivity index (χ1n) is 2.15. The summed E-state index contributed by atoms with van der Waals surface area (Å²) in [6, 6.07) is 0. The molecule has 0 saturated heterocycles. The minimum absolute atomic E-state index is 0.660. The number of rotatable bonds is 0. The third kappa shape index (κ3) is 0.850. The fourth-order valence-electron chi connectivity index (χ4n) is 0.559. The summed E-state index contributed by atoms with van der Waals surface area (Å²) in [5.74, 6) is 0. The predicted octanol–water partition coefficient (Wildman–Crippen LogP) is 1.38. The number of hydrogen-bond donors (Lipinski definition) is 2. The van der Waals surface area contributed by atoms with Crippen molar-refractivity contribution < 1.29 is 0 Å². The zero-order chi connectivity index (χ0) is 4.57. The van der Waals surface area contributed by atoms with Crippen LogP contribution in [0.25, 0.3) is 0 Å². The molecular formula is C4H8S2. The van der Waals surface area contributed by atoms with E-state index in [0.717, 1.165) is 0 Å². The van der Waals surface area contributed by atoms with Crippen molar-refractivity contribution in [1.82, 2.24) is 0 Å². The maximum atomic E-state index is 4.20. The molecule has 1 aliphatic carbocycles. The normalized spacial score (nSPS) is 45.0. The van der Waals surface area contributed by atoms with E-state index in [1.165, 1.54) is 12.8 Å². The summed E-state index contributed by atoms with van der Waals surface area (Å²) in [6.45, 7) is 0. The predicted molar refractivity (Wildman–Crippen MR) is 34.8 cm³/mol. The topological polar surface area (TPSA) is 0 Å². The van der Waals surface area contributed by atoms with Crippen molar-refractivity contribution in [2.45, 2.75) is 23.3 Å². The van der Waals surface area contributed by atoms with Gasteiger partial charge in [-0.1, -0.05) is 0 Å². The molecule has 1 saturated carbocycles. The SMILES string of the molecule is SC1CC(S)C1. The highest BCUT2D eigenvalue weighted by atomic mass is 32.1. The lowest BCUT2D eigenvalue weighted by atomic mass is 9.99. The van der Waals surface area contributed by atoms with Crippen LogP contribution >= 0.6 is 25.3 Å². The fraction of sp³-hybridized carbons (Fsp3) is 1.00. The second kappa shape index (κ2) is 1.66. The molecule has 0 aliphatic heterocycles. The van der Waals surface area contributed by atoms with Crippen LogP contribution in [0.15, 0.2) is 0 Å². The third-order valence-corrected chi connectivity index (χ3v) is 1.93. The minimum atomic E-state index is 0.660. The zero-order valence-corrected chi connectivity index (χ0v) is 5.25. The van der Waals surface area contributed by atoms with Gasteiger partial charge in [0, 0.05) is 10.5 Å². The summed E-state index contributed by atoms with van der Waals surface area (Å²) in [6.07, 6.45) is 2.40. The molecule has 6 heavy (non-hydrogen) atoms. The molecule has 0 amide bonds. The molecule has 1 fully saturated rings. The summed E-state index contributed by atoms with van der Waals surface area (Å²) in [7, 11) is 0. The molecule has 0 bridgehead atoms. The van der Waals surface area contributed by atoms with Crippen LogP contribution in [0.2, 0.25) is 0 Å². The smallest absolute Gasteiger partial charge is 0.00376 e. The molecule has 0 spiro atoms. The zero-order valence-electron chi connectivity index (χ0n) is 3.46. The van der Waals surface area contributed by atoms with Crippen molar-refractivity contribution in [2.24, 2.45) is 0 Å². The lowest BCUT2D eigenvalue weighted by Crippen LogP contribution is -2.23. The van der Waals surface area contributed by atoms with Gasteiger partial charge >= 0.3 is 0 Å². The quantitative estimate of drug-likeness (QED) is 0.443. The van der Waals surface area contributed by atoms with Gasteiger partial charge in [0.1, 0.15) is 0 Å². The highest BCUT2D eigenvalue weighted by molar-refractivity contribution is 7.82. The van der Waals surface area contributed by atoms with Crippen molar-refractivity contribution >= 4 is 25.3 Å². The van der Waals surface area contributed by atoms with Crippen LogP contribution in [0.1, 0.15) is 12.8 Å². The van der Waals surface area contributed by atoms with Crippen molar-refractivity contribution in [2.75, 3.05) is 0 Å². The molecular weight excluding hydrogens is 112 g/mol. The first kappa shape index (κ1) is 4.85. The monoisotopic (exact) mass is 120 g/mol. The molecule has 0 aromatic rings. The molecule has 36 valence electrons. The third-order valence-electron chi connectivity index (χ3n) is 1.09. The van der Waals surface area contributed by atoms with E-state index >= 15 is 0 Å². The Balaban J connectivity index is 2.11. The summed E-state index contributed by atoms with van der Waals surface area (Å²) in [5.41, 5.74) is 0. The highest BCUT2D eigenvalue weighted by Gasteiger charge is 2.21. The molecule has 0 N–H and O–H groups in total. The molecule has 0 aromatic heterocycles. The van der Waals surface area contributed by atoms with Crippen molar-refractivity contribution in [3.05, 3.63) is 0 Å². The summed E-state index contributed by atoms with van der Waals surface area (Å²) >= 11 is 8.39. The van der Waals surface area contributed by atoms with Gasteiger partial charge in [0.25, 0.3) is 0 Å². The lowest BCUT2D eigenvalue weighted by molar-refractivity contribution is 0.547. The maximum absolute atomic E-state index is 4.20. The van der Waals surface area contributed by atoms with Crippen LogP contribution in [0, 0.1) is 0 Å². The van der Waals surface area contributed by atoms with E-state index in [9.17, 15) is 0 Å². The van der Waals surface area contributed by atoms with Gasteiger partial charge < -0.3 is 0 Å². The Bertz CT molecular complexity index is 41.5. The molecule has 1 rings (SSSR count). The molecule has 0 nitrogen and oxygen atoms in total. The largest absolute Gasteiger partial charge is 0.176 e. The van der Waals surface area contributed by atoms with Crippen LogP contribution in [0.5, 0.6) is 0 Å². The lowest BCUT2D eigenvalue weighted by Gasteiger charge is -2.26. The fourth-order valence-corrected chi connectivity index (χ4v) is 1.91. The molecule has 0 atom stereocenters. The van der Waals surface area contributed by atoms with Crippen molar-refractivity contribution in [1.29, 1.82) is 0 Å². The number of thiol groups is 2. The van der Waals surface area contributed by atoms with Gasteiger partial charge in [-0.15, -0.1) is 0 Å². The minimum Gasteiger partial charge on any atom is -0.176 e. The standard InChI is InChI=1S/C4H8S2/c5-3-1-4(6)2-3/h3-6H,1-2H2. The first-order chi connectivity index (χ1) is 2.79. The van der Waals surface area contributed by atoms with E-state index in [-0.39, 0.29) is 0 Å². The molecule has 1 aliphatic rings. The number of hydrogen-bond acceptors (Lipinski definition) is 2. The van der Waals surface area contributed by atoms with E-state index in [2.05, 4.69) is 25.3 Å². The molecule has 0 aromatic carbocycles. The molecule has 2 heteroatoms. The van der Waals surface area contributed by atoms with E-state index in [1.807, 2.05) is 0 Å². The van der Waals surface area contributed by atoms with Crippen LogP contribution < -0.4 is 0 Å². The average Bonchev–Trinajstić information content (AvgIpc) is 1.33. The molecule has 0 unspecified atom stereocenters. The summed E-state index contributed by atoms with van der Waals surface area (Å²) in [5, 5.41) is 1.32. The Morgan fingerprint density at radius 3 is 1.33 bits per heavy atom. The van der Waals surface area contributed by atoms with E-state index < -0.39 is 0 Å². The van der Waals surface area contributed by atoms with E-state index in [1.54, 1.807) is 0 Å². The van der Waals surface area contributed by atoms with Gasteiger partial charge in [-0.25, -0.2) is 0 Å². The van der Waals surface area contributed by atoms with Gasteiger partial charge in [0.2, 0.25) is 0 Å². The van der Waals surface area contributed by atoms with Crippen LogP contribution in [0.3, 0.4) is 0 Å². The van der Waals surface area contributed by atoms with Gasteiger partial charge in [0.05, 0.1) is 0 Å². The van der Waals surface area contributed by atoms with Gasteiger partial charge in [-0.3, -0.25) is 0 Å². The van der Waals surface area contributed by atoms with Gasteiger partial charge in [-0.2, -0.15) is 25.3 Å². The second-order valence-electron chi connectivity index (χ2n) is 1.78. The average molecular weight is 120 g/mol. The van der Waals surface area contributed by atoms with Crippen LogP contribution in [0.4, 0.5) is 0 Å². The van der Waals surface area contributed by atoms with E-state index in [0.29, 0.717) is 10.5 Å². The van der Waals surface area contributed by atoms with Crippen molar-refractivity contribution in [3.8, 4) is 0 Å². The Morgan fingerprint density at radius 1 is 1.00 bits per heavy atom. The second-order valence-corrected chi connectivity index (χ2v) is 3.24. The van der Waals surface area contributed by atoms with E-state index in [4.69, 9.17) is 0 Å². The highest BCUT2D eigenvalue weighted by Crippen LogP contribution is 2.28. The van der Waals surface area contributed by atoms with Crippen LogP contribution in [-0.4, -0.2) is 10.5 Å². The van der Waals surface area contributed by atoms with Gasteiger partial charge in [-0.05, 0) is 12.8 Å². The summed E-state index contributed by atoms with van der Waals surface area (Å²) in [4.78, 5) is 0. The Labute approximate surface area is 49.1 Å². The first-order valence-corrected chi connectivity index (χ1v) is 3.18. The Morgan fingerprint density at radius 2 is 1.33 bits per heavy atom. The van der Waals surface area contributed by atoms with Gasteiger partial charge in [0.15, 0.2) is 0 Å². The Kier molecular flexibility index (Phi) is 1.34. The maximum Gasteiger partial charge on any atom is 0.00376 e. The molecule has 0 radical (unpaired) electrons. The summed E-state index contributed by atoms with van der Waals surface area (Å²) < 4.78 is 0. The van der Waals surface area contributed by atoms with Crippen molar-refractivity contribution in [3.63, 3.8) is 0 Å². The molecule has 0 heterocycles.